The van der Waals surface area contributed by atoms with Crippen molar-refractivity contribution in [3.8, 4) is 11.5 Å². The van der Waals surface area contributed by atoms with Crippen molar-refractivity contribution >= 4 is 15.9 Å². The van der Waals surface area contributed by atoms with Crippen LogP contribution < -0.4 is 14.8 Å². The van der Waals surface area contributed by atoms with Crippen molar-refractivity contribution in [2.24, 2.45) is 0 Å². The molecule has 0 aliphatic carbocycles. The molecule has 1 aliphatic heterocycles. The van der Waals surface area contributed by atoms with E-state index in [0.29, 0.717) is 30.2 Å². The second-order valence-corrected chi connectivity index (χ2v) is 8.06. The molecule has 1 heterocycles. The van der Waals surface area contributed by atoms with E-state index < -0.39 is 10.0 Å². The van der Waals surface area contributed by atoms with Gasteiger partial charge in [-0.1, -0.05) is 6.92 Å². The molecule has 1 aromatic carbocycles. The molecule has 1 aliphatic rings. The summed E-state index contributed by atoms with van der Waals surface area (Å²) in [5, 5.41) is 2.65. The Bertz CT molecular complexity index is 715. The zero-order valence-corrected chi connectivity index (χ0v) is 16.3. The Balaban J connectivity index is 1.90. The molecule has 1 N–H and O–H groups in total. The summed E-state index contributed by atoms with van der Waals surface area (Å²) < 4.78 is 36.6. The summed E-state index contributed by atoms with van der Waals surface area (Å²) in [4.78, 5) is 14.5. The number of nitrogens with zero attached hydrogens (tertiary/aromatic N) is 2. The fourth-order valence-electron chi connectivity index (χ4n) is 2.83. The first kappa shape index (κ1) is 20.5. The average molecular weight is 385 g/mol. The largest absolute Gasteiger partial charge is 0.497 e. The minimum atomic E-state index is -3.38. The van der Waals surface area contributed by atoms with Crippen molar-refractivity contribution in [1.82, 2.24) is 14.5 Å². The number of hydrogen-bond acceptors (Lipinski definition) is 6. The first-order chi connectivity index (χ1) is 12.4. The molecule has 1 aromatic rings. The fourth-order valence-corrected chi connectivity index (χ4v) is 4.17. The highest BCUT2D eigenvalue weighted by Gasteiger charge is 2.26. The maximum atomic E-state index is 12.4. The fraction of sp³-hybridized carbons (Fsp3) is 0.588. The zero-order chi connectivity index (χ0) is 19.2. The highest BCUT2D eigenvalue weighted by Crippen LogP contribution is 2.24. The van der Waals surface area contributed by atoms with Gasteiger partial charge >= 0.3 is 0 Å². The number of amides is 1. The summed E-state index contributed by atoms with van der Waals surface area (Å²) in [6, 6.07) is 4.85. The first-order valence-electron chi connectivity index (χ1n) is 8.61. The van der Waals surface area contributed by atoms with Gasteiger partial charge in [-0.25, -0.2) is 8.42 Å². The summed E-state index contributed by atoms with van der Waals surface area (Å²) in [6.07, 6.45) is 0. The van der Waals surface area contributed by atoms with Crippen LogP contribution in [0.3, 0.4) is 0 Å². The van der Waals surface area contributed by atoms with Gasteiger partial charge in [-0.3, -0.25) is 4.79 Å². The number of carbonyl (C=O) groups excluding carboxylic acids is 1. The Morgan fingerprint density at radius 1 is 1.15 bits per heavy atom. The Morgan fingerprint density at radius 3 is 2.42 bits per heavy atom. The number of carbonyl (C=O) groups is 1. The Hall–Kier alpha value is -1.84. The van der Waals surface area contributed by atoms with Crippen molar-refractivity contribution < 1.29 is 22.7 Å². The van der Waals surface area contributed by atoms with Crippen LogP contribution in [0.2, 0.25) is 0 Å². The Labute approximate surface area is 155 Å². The number of likely N-dealkylation sites (N-methyl/N-ethyl adjacent to an activating group) is 1. The predicted octanol–water partition coefficient (Wildman–Crippen LogP) is 0.401. The standard InChI is InChI=1S/C17H27N3O5S/c1-4-19-8-10-20(11-9-19)26(22,23)12-7-18-17(21)15-6-5-14(24-2)13-16(15)25-3/h5-6,13H,4,7-12H2,1-3H3,(H,18,21). The van der Waals surface area contributed by atoms with E-state index in [4.69, 9.17) is 9.47 Å². The van der Waals surface area contributed by atoms with E-state index in [1.165, 1.54) is 18.5 Å². The lowest BCUT2D eigenvalue weighted by Gasteiger charge is -2.33. The molecular formula is C17H27N3O5S. The number of piperazine rings is 1. The third-order valence-corrected chi connectivity index (χ3v) is 6.34. The molecular weight excluding hydrogens is 358 g/mol. The summed E-state index contributed by atoms with van der Waals surface area (Å²) in [5.41, 5.74) is 0.335. The molecule has 0 aromatic heterocycles. The van der Waals surface area contributed by atoms with Crippen LogP contribution in [0.1, 0.15) is 17.3 Å². The molecule has 0 spiro atoms. The van der Waals surface area contributed by atoms with Gasteiger partial charge in [0, 0.05) is 38.8 Å². The van der Waals surface area contributed by atoms with Gasteiger partial charge in [0.25, 0.3) is 5.91 Å². The van der Waals surface area contributed by atoms with E-state index in [1.807, 2.05) is 0 Å². The van der Waals surface area contributed by atoms with E-state index in [9.17, 15) is 13.2 Å². The van der Waals surface area contributed by atoms with Crippen molar-refractivity contribution in [1.29, 1.82) is 0 Å². The van der Waals surface area contributed by atoms with Gasteiger partial charge in [-0.2, -0.15) is 4.31 Å². The quantitative estimate of drug-likeness (QED) is 0.697. The number of rotatable bonds is 8. The summed E-state index contributed by atoms with van der Waals surface area (Å²) in [6.45, 7) is 5.51. The molecule has 26 heavy (non-hydrogen) atoms. The second-order valence-electron chi connectivity index (χ2n) is 5.97. The smallest absolute Gasteiger partial charge is 0.255 e. The van der Waals surface area contributed by atoms with Crippen LogP contribution in [-0.4, -0.2) is 82.8 Å². The number of sulfonamides is 1. The molecule has 0 unspecified atom stereocenters. The van der Waals surface area contributed by atoms with E-state index in [-0.39, 0.29) is 18.2 Å². The topological polar surface area (TPSA) is 88.2 Å². The van der Waals surface area contributed by atoms with Crippen molar-refractivity contribution in [3.63, 3.8) is 0 Å². The molecule has 146 valence electrons. The lowest BCUT2D eigenvalue weighted by atomic mass is 10.2. The zero-order valence-electron chi connectivity index (χ0n) is 15.5. The van der Waals surface area contributed by atoms with Crippen LogP contribution in [0, 0.1) is 0 Å². The number of ether oxygens (including phenoxy) is 2. The van der Waals surface area contributed by atoms with E-state index in [1.54, 1.807) is 18.2 Å². The minimum absolute atomic E-state index is 0.0460. The van der Waals surface area contributed by atoms with Gasteiger partial charge in [0.1, 0.15) is 11.5 Å². The normalized spacial score (nSPS) is 16.3. The number of methoxy groups -OCH3 is 2. The highest BCUT2D eigenvalue weighted by molar-refractivity contribution is 7.89. The Kier molecular flexibility index (Phi) is 7.24. The third-order valence-electron chi connectivity index (χ3n) is 4.47. The minimum Gasteiger partial charge on any atom is -0.497 e. The van der Waals surface area contributed by atoms with Crippen LogP contribution in [0.15, 0.2) is 18.2 Å². The van der Waals surface area contributed by atoms with E-state index in [0.717, 1.165) is 19.6 Å². The molecule has 8 nitrogen and oxygen atoms in total. The summed E-state index contributed by atoms with van der Waals surface area (Å²) in [5.74, 6) is 0.451. The summed E-state index contributed by atoms with van der Waals surface area (Å²) >= 11 is 0. The van der Waals surface area contributed by atoms with Crippen LogP contribution >= 0.6 is 0 Å². The van der Waals surface area contributed by atoms with Gasteiger partial charge < -0.3 is 19.7 Å². The van der Waals surface area contributed by atoms with Crippen LogP contribution in [-0.2, 0) is 10.0 Å². The maximum absolute atomic E-state index is 12.4. The molecule has 9 heteroatoms. The molecule has 2 rings (SSSR count). The molecule has 0 saturated carbocycles. The average Bonchev–Trinajstić information content (AvgIpc) is 2.67. The van der Waals surface area contributed by atoms with Crippen molar-refractivity contribution in [2.75, 3.05) is 59.2 Å². The Morgan fingerprint density at radius 2 is 1.85 bits per heavy atom. The molecule has 1 saturated heterocycles. The summed E-state index contributed by atoms with van der Waals surface area (Å²) in [7, 11) is -0.387. The van der Waals surface area contributed by atoms with Crippen molar-refractivity contribution in [3.05, 3.63) is 23.8 Å². The molecule has 0 atom stereocenters. The van der Waals surface area contributed by atoms with Crippen molar-refractivity contribution in [2.45, 2.75) is 6.92 Å². The van der Waals surface area contributed by atoms with Gasteiger partial charge in [-0.05, 0) is 18.7 Å². The van der Waals surface area contributed by atoms with E-state index in [2.05, 4.69) is 17.1 Å². The third kappa shape index (κ3) is 5.09. The molecule has 0 bridgehead atoms. The maximum Gasteiger partial charge on any atom is 0.255 e. The second kappa shape index (κ2) is 9.20. The van der Waals surface area contributed by atoms with Crippen LogP contribution in [0.4, 0.5) is 0 Å². The van der Waals surface area contributed by atoms with Gasteiger partial charge in [0.05, 0.1) is 25.5 Å². The van der Waals surface area contributed by atoms with Crippen LogP contribution in [0.5, 0.6) is 11.5 Å². The molecule has 1 amide bonds. The van der Waals surface area contributed by atoms with E-state index >= 15 is 0 Å². The first-order valence-corrected chi connectivity index (χ1v) is 10.2. The molecule has 0 radical (unpaired) electrons. The molecule has 1 fully saturated rings. The lowest BCUT2D eigenvalue weighted by Crippen LogP contribution is -2.49. The predicted molar refractivity (Wildman–Crippen MR) is 99.4 cm³/mol. The van der Waals surface area contributed by atoms with Crippen LogP contribution in [0.25, 0.3) is 0 Å². The monoisotopic (exact) mass is 385 g/mol. The van der Waals surface area contributed by atoms with Gasteiger partial charge in [0.2, 0.25) is 10.0 Å². The number of hydrogen-bond donors (Lipinski definition) is 1. The lowest BCUT2D eigenvalue weighted by molar-refractivity contribution is 0.0953. The van der Waals surface area contributed by atoms with Gasteiger partial charge in [0.15, 0.2) is 0 Å². The van der Waals surface area contributed by atoms with Gasteiger partial charge in [-0.15, -0.1) is 0 Å². The highest BCUT2D eigenvalue weighted by atomic mass is 32.2. The number of nitrogens with one attached hydrogen (secondary N) is 1. The number of benzene rings is 1. The SMILES string of the molecule is CCN1CCN(S(=O)(=O)CCNC(=O)c2ccc(OC)cc2OC)CC1.